The molecule has 0 radical (unpaired) electrons. The molecule has 4 rings (SSSR count). The van der Waals surface area contributed by atoms with Crippen LogP contribution in [-0.4, -0.2) is 49.1 Å². The van der Waals surface area contributed by atoms with Gasteiger partial charge >= 0.3 is 0 Å². The number of carbonyl (C=O) groups excluding carboxylic acids is 1. The summed E-state index contributed by atoms with van der Waals surface area (Å²) in [5.41, 5.74) is 1.79. The third-order valence-corrected chi connectivity index (χ3v) is 5.03. The van der Waals surface area contributed by atoms with Crippen LogP contribution in [0, 0.1) is 0 Å². The lowest BCUT2D eigenvalue weighted by atomic mass is 10.1. The number of oxazole rings is 1. The lowest BCUT2D eigenvalue weighted by molar-refractivity contribution is 0.0784. The van der Waals surface area contributed by atoms with Crippen LogP contribution in [0.25, 0.3) is 11.1 Å². The molecular weight excluding hydrogens is 382 g/mol. The molecule has 1 fully saturated rings. The number of methoxy groups -OCH3 is 2. The maximum absolute atomic E-state index is 13.1. The standard InChI is InChI=1S/C20H20ClN3O4/c1-26-16-4-3-5-17(27-2)18(16)19(25)24-9-8-13(11-24)22-20-23-14-10-12(21)6-7-15(14)28-20/h3-7,10,13H,8-9,11H2,1-2H3,(H,22,23)/t13-/m1/s1. The maximum atomic E-state index is 13.1. The highest BCUT2D eigenvalue weighted by Gasteiger charge is 2.31. The second-order valence-electron chi connectivity index (χ2n) is 6.55. The van der Waals surface area contributed by atoms with E-state index < -0.39 is 0 Å². The molecule has 0 saturated carbocycles. The average Bonchev–Trinajstić information content (AvgIpc) is 3.33. The number of hydrogen-bond acceptors (Lipinski definition) is 6. The highest BCUT2D eigenvalue weighted by molar-refractivity contribution is 6.31. The van der Waals surface area contributed by atoms with Crippen molar-refractivity contribution in [2.45, 2.75) is 12.5 Å². The van der Waals surface area contributed by atoms with Crippen molar-refractivity contribution in [2.24, 2.45) is 0 Å². The molecule has 0 bridgehead atoms. The minimum Gasteiger partial charge on any atom is -0.496 e. The lowest BCUT2D eigenvalue weighted by Crippen LogP contribution is -2.32. The topological polar surface area (TPSA) is 76.8 Å². The van der Waals surface area contributed by atoms with Crippen molar-refractivity contribution in [1.29, 1.82) is 0 Å². The van der Waals surface area contributed by atoms with Gasteiger partial charge in [-0.2, -0.15) is 4.98 Å². The summed E-state index contributed by atoms with van der Waals surface area (Å²) < 4.78 is 16.4. The molecule has 1 saturated heterocycles. The maximum Gasteiger partial charge on any atom is 0.295 e. The molecule has 0 aliphatic carbocycles. The third kappa shape index (κ3) is 3.45. The number of anilines is 1. The fourth-order valence-electron chi connectivity index (χ4n) is 3.42. The van der Waals surface area contributed by atoms with Crippen molar-refractivity contribution in [1.82, 2.24) is 9.88 Å². The smallest absolute Gasteiger partial charge is 0.295 e. The van der Waals surface area contributed by atoms with Gasteiger partial charge in [0.25, 0.3) is 11.9 Å². The summed E-state index contributed by atoms with van der Waals surface area (Å²) in [4.78, 5) is 19.3. The van der Waals surface area contributed by atoms with Crippen molar-refractivity contribution in [2.75, 3.05) is 32.6 Å². The predicted molar refractivity (Wildman–Crippen MR) is 106 cm³/mol. The fourth-order valence-corrected chi connectivity index (χ4v) is 3.59. The molecule has 1 N–H and O–H groups in total. The zero-order valence-corrected chi connectivity index (χ0v) is 16.3. The second kappa shape index (κ2) is 7.59. The first-order valence-electron chi connectivity index (χ1n) is 8.92. The molecule has 2 aromatic carbocycles. The first-order valence-corrected chi connectivity index (χ1v) is 9.29. The SMILES string of the molecule is COc1cccc(OC)c1C(=O)N1CC[C@@H](Nc2nc3cc(Cl)ccc3o2)C1. The van der Waals surface area contributed by atoms with E-state index >= 15 is 0 Å². The van der Waals surface area contributed by atoms with Crippen LogP contribution in [0.5, 0.6) is 11.5 Å². The van der Waals surface area contributed by atoms with Crippen LogP contribution >= 0.6 is 11.6 Å². The lowest BCUT2D eigenvalue weighted by Gasteiger charge is -2.20. The first kappa shape index (κ1) is 18.4. The van der Waals surface area contributed by atoms with Gasteiger partial charge in [-0.25, -0.2) is 0 Å². The molecule has 2 heterocycles. The van der Waals surface area contributed by atoms with Crippen LogP contribution in [0.3, 0.4) is 0 Å². The third-order valence-electron chi connectivity index (χ3n) is 4.79. The van der Waals surface area contributed by atoms with E-state index in [2.05, 4.69) is 10.3 Å². The molecule has 7 nitrogen and oxygen atoms in total. The summed E-state index contributed by atoms with van der Waals surface area (Å²) in [6, 6.07) is 11.1. The molecule has 1 amide bonds. The molecule has 8 heteroatoms. The Morgan fingerprint density at radius 3 is 2.71 bits per heavy atom. The Morgan fingerprint density at radius 2 is 2.00 bits per heavy atom. The molecule has 1 aliphatic heterocycles. The Balaban J connectivity index is 1.48. The Hall–Kier alpha value is -2.93. The van der Waals surface area contributed by atoms with Gasteiger partial charge in [-0.3, -0.25) is 4.79 Å². The van der Waals surface area contributed by atoms with Gasteiger partial charge in [-0.05, 0) is 36.8 Å². The fraction of sp³-hybridized carbons (Fsp3) is 0.300. The molecule has 146 valence electrons. The Morgan fingerprint density at radius 1 is 1.25 bits per heavy atom. The van der Waals surface area contributed by atoms with Crippen molar-refractivity contribution >= 4 is 34.6 Å². The number of rotatable bonds is 5. The van der Waals surface area contributed by atoms with Gasteiger partial charge < -0.3 is 24.1 Å². The van der Waals surface area contributed by atoms with Crippen molar-refractivity contribution < 1.29 is 18.7 Å². The second-order valence-corrected chi connectivity index (χ2v) is 6.99. The van der Waals surface area contributed by atoms with Crippen molar-refractivity contribution in [3.05, 3.63) is 47.0 Å². The van der Waals surface area contributed by atoms with E-state index in [4.69, 9.17) is 25.5 Å². The number of fused-ring (bicyclic) bond motifs is 1. The summed E-state index contributed by atoms with van der Waals surface area (Å²) in [6.07, 6.45) is 0.780. The Kier molecular flexibility index (Phi) is 5.00. The Labute approximate surface area is 167 Å². The van der Waals surface area contributed by atoms with E-state index in [-0.39, 0.29) is 11.9 Å². The first-order chi connectivity index (χ1) is 13.6. The number of ether oxygens (including phenoxy) is 2. The molecule has 1 aliphatic rings. The number of nitrogens with zero attached hydrogens (tertiary/aromatic N) is 2. The van der Waals surface area contributed by atoms with Gasteiger partial charge in [-0.1, -0.05) is 17.7 Å². The van der Waals surface area contributed by atoms with E-state index in [0.29, 0.717) is 52.3 Å². The van der Waals surface area contributed by atoms with E-state index in [0.717, 1.165) is 6.42 Å². The quantitative estimate of drug-likeness (QED) is 0.700. The molecule has 0 unspecified atom stereocenters. The van der Waals surface area contributed by atoms with Crippen LogP contribution in [0.15, 0.2) is 40.8 Å². The normalized spacial score (nSPS) is 16.4. The summed E-state index contributed by atoms with van der Waals surface area (Å²) in [5, 5.41) is 3.87. The Bertz CT molecular complexity index is 998. The minimum atomic E-state index is -0.122. The van der Waals surface area contributed by atoms with Crippen molar-refractivity contribution in [3.8, 4) is 11.5 Å². The number of halogens is 1. The van der Waals surface area contributed by atoms with Gasteiger partial charge in [0.2, 0.25) is 0 Å². The largest absolute Gasteiger partial charge is 0.496 e. The van der Waals surface area contributed by atoms with Crippen LogP contribution < -0.4 is 14.8 Å². The van der Waals surface area contributed by atoms with Crippen LogP contribution in [0.4, 0.5) is 6.01 Å². The summed E-state index contributed by atoms with van der Waals surface area (Å²) >= 11 is 5.99. The number of hydrogen-bond donors (Lipinski definition) is 1. The number of benzene rings is 2. The molecule has 0 spiro atoms. The average molecular weight is 402 g/mol. The van der Waals surface area contributed by atoms with Crippen LogP contribution in [0.2, 0.25) is 5.02 Å². The molecule has 28 heavy (non-hydrogen) atoms. The number of carbonyl (C=O) groups is 1. The van der Waals surface area contributed by atoms with E-state index in [1.165, 1.54) is 0 Å². The van der Waals surface area contributed by atoms with Gasteiger partial charge in [0.05, 0.1) is 14.2 Å². The molecule has 1 aromatic heterocycles. The monoisotopic (exact) mass is 401 g/mol. The van der Waals surface area contributed by atoms with E-state index in [9.17, 15) is 4.79 Å². The summed E-state index contributed by atoms with van der Waals surface area (Å²) in [7, 11) is 3.08. The number of aromatic nitrogens is 1. The summed E-state index contributed by atoms with van der Waals surface area (Å²) in [6.45, 7) is 1.14. The number of amides is 1. The van der Waals surface area contributed by atoms with Gasteiger partial charge in [0, 0.05) is 24.2 Å². The highest BCUT2D eigenvalue weighted by atomic mass is 35.5. The van der Waals surface area contributed by atoms with E-state index in [1.54, 1.807) is 55.5 Å². The zero-order valence-electron chi connectivity index (χ0n) is 15.6. The predicted octanol–water partition coefficient (Wildman–Crippen LogP) is 3.83. The van der Waals surface area contributed by atoms with E-state index in [1.807, 2.05) is 0 Å². The van der Waals surface area contributed by atoms with Crippen LogP contribution in [-0.2, 0) is 0 Å². The molecule has 1 atom stereocenters. The van der Waals surface area contributed by atoms with Gasteiger partial charge in [0.1, 0.15) is 22.6 Å². The summed E-state index contributed by atoms with van der Waals surface area (Å²) in [5.74, 6) is 0.871. The van der Waals surface area contributed by atoms with Crippen LogP contribution in [0.1, 0.15) is 16.8 Å². The number of nitrogens with one attached hydrogen (secondary N) is 1. The zero-order chi connectivity index (χ0) is 19.7. The molecule has 3 aromatic rings. The minimum absolute atomic E-state index is 0.0354. The number of likely N-dealkylation sites (tertiary alicyclic amines) is 1. The molecular formula is C20H20ClN3O4. The van der Waals surface area contributed by atoms with Gasteiger partial charge in [0.15, 0.2) is 5.58 Å². The van der Waals surface area contributed by atoms with Crippen molar-refractivity contribution in [3.63, 3.8) is 0 Å². The highest BCUT2D eigenvalue weighted by Crippen LogP contribution is 2.31. The van der Waals surface area contributed by atoms with Gasteiger partial charge in [-0.15, -0.1) is 0 Å².